The van der Waals surface area contributed by atoms with Gasteiger partial charge in [-0.3, -0.25) is 9.78 Å². The Labute approximate surface area is 109 Å². The number of hydrogen-bond acceptors (Lipinski definition) is 3. The molecule has 0 fully saturated rings. The summed E-state index contributed by atoms with van der Waals surface area (Å²) in [7, 11) is 0. The van der Waals surface area contributed by atoms with Gasteiger partial charge in [0.2, 0.25) is 5.91 Å². The maximum atomic E-state index is 13.1. The van der Waals surface area contributed by atoms with Crippen LogP contribution in [0.5, 0.6) is 0 Å². The van der Waals surface area contributed by atoms with E-state index in [0.29, 0.717) is 12.1 Å². The second-order valence-electron chi connectivity index (χ2n) is 4.36. The van der Waals surface area contributed by atoms with Crippen molar-refractivity contribution < 1.29 is 9.18 Å². The first-order valence-electron chi connectivity index (χ1n) is 5.97. The molecule has 0 aliphatic carbocycles. The van der Waals surface area contributed by atoms with E-state index in [-0.39, 0.29) is 12.5 Å². The molecule has 0 unspecified atom stereocenters. The van der Waals surface area contributed by atoms with Crippen molar-refractivity contribution in [1.29, 1.82) is 0 Å². The number of carbonyl (C=O) groups is 1. The van der Waals surface area contributed by atoms with Crippen LogP contribution in [-0.2, 0) is 11.3 Å². The molecule has 5 heteroatoms. The average molecular weight is 257 g/mol. The molecule has 19 heavy (non-hydrogen) atoms. The van der Waals surface area contributed by atoms with Gasteiger partial charge in [0.05, 0.1) is 30.7 Å². The zero-order chi connectivity index (χ0) is 13.2. The number of benzene rings is 1. The minimum atomic E-state index is -0.395. The summed E-state index contributed by atoms with van der Waals surface area (Å²) in [5.74, 6) is -0.434. The van der Waals surface area contributed by atoms with Crippen LogP contribution in [0.3, 0.4) is 0 Å². The van der Waals surface area contributed by atoms with Gasteiger partial charge in [0, 0.05) is 6.20 Å². The predicted octanol–water partition coefficient (Wildman–Crippen LogP) is 2.18. The average Bonchev–Trinajstić information content (AvgIpc) is 2.42. The minimum absolute atomic E-state index is 0.0389. The lowest BCUT2D eigenvalue weighted by Crippen LogP contribution is -2.39. The number of nitrogens with one attached hydrogen (secondary N) is 1. The molecule has 1 aliphatic rings. The summed E-state index contributed by atoms with van der Waals surface area (Å²) in [6.45, 7) is 0.571. The number of halogens is 1. The molecule has 1 aliphatic heterocycles. The smallest absolute Gasteiger partial charge is 0.246 e. The van der Waals surface area contributed by atoms with E-state index in [0.717, 1.165) is 17.6 Å². The summed E-state index contributed by atoms with van der Waals surface area (Å²) >= 11 is 0. The lowest BCUT2D eigenvalue weighted by atomic mass is 10.1. The Balaban J connectivity index is 1.94. The number of rotatable bonds is 2. The Morgan fingerprint density at radius 3 is 3.00 bits per heavy atom. The molecule has 1 aromatic carbocycles. The second kappa shape index (κ2) is 4.68. The zero-order valence-corrected chi connectivity index (χ0v) is 10.1. The number of pyridine rings is 1. The normalized spacial score (nSPS) is 13.9. The van der Waals surface area contributed by atoms with E-state index < -0.39 is 5.82 Å². The lowest BCUT2D eigenvalue weighted by molar-refractivity contribution is -0.117. The molecule has 2 aromatic rings. The minimum Gasteiger partial charge on any atom is -0.374 e. The summed E-state index contributed by atoms with van der Waals surface area (Å²) in [5, 5.41) is 3.06. The van der Waals surface area contributed by atoms with Crippen LogP contribution in [0, 0.1) is 5.82 Å². The highest BCUT2D eigenvalue weighted by atomic mass is 19.1. The molecule has 0 saturated carbocycles. The standard InChI is InChI=1S/C14H12FN3O/c15-11-5-10(6-16-7-11)9-18-13-4-2-1-3-12(13)17-8-14(18)19/h1-7,17H,8-9H2. The Kier molecular flexibility index (Phi) is 2.87. The largest absolute Gasteiger partial charge is 0.374 e. The summed E-state index contributed by atoms with van der Waals surface area (Å²) in [6.07, 6.45) is 2.72. The van der Waals surface area contributed by atoms with E-state index in [9.17, 15) is 9.18 Å². The van der Waals surface area contributed by atoms with Crippen molar-refractivity contribution in [1.82, 2.24) is 4.98 Å². The van der Waals surface area contributed by atoms with Crippen molar-refractivity contribution in [2.24, 2.45) is 0 Å². The number of carbonyl (C=O) groups excluding carboxylic acids is 1. The van der Waals surface area contributed by atoms with Crippen LogP contribution in [-0.4, -0.2) is 17.4 Å². The molecule has 0 bridgehead atoms. The maximum Gasteiger partial charge on any atom is 0.246 e. The first-order chi connectivity index (χ1) is 9.24. The van der Waals surface area contributed by atoms with Gasteiger partial charge in [-0.2, -0.15) is 0 Å². The highest BCUT2D eigenvalue weighted by molar-refractivity contribution is 6.02. The van der Waals surface area contributed by atoms with Crippen LogP contribution in [0.4, 0.5) is 15.8 Å². The van der Waals surface area contributed by atoms with Gasteiger partial charge in [0.25, 0.3) is 0 Å². The molecule has 1 N–H and O–H groups in total. The van der Waals surface area contributed by atoms with Gasteiger partial charge in [-0.15, -0.1) is 0 Å². The summed E-state index contributed by atoms with van der Waals surface area (Å²) in [6, 6.07) is 8.95. The molecule has 0 radical (unpaired) electrons. The van der Waals surface area contributed by atoms with Crippen molar-refractivity contribution >= 4 is 17.3 Å². The van der Waals surface area contributed by atoms with Crippen LogP contribution in [0.2, 0.25) is 0 Å². The summed E-state index contributed by atoms with van der Waals surface area (Å²) in [5.41, 5.74) is 2.39. The summed E-state index contributed by atoms with van der Waals surface area (Å²) < 4.78 is 13.1. The molecule has 1 aromatic heterocycles. The molecule has 0 saturated heterocycles. The number of fused-ring (bicyclic) bond motifs is 1. The van der Waals surface area contributed by atoms with Gasteiger partial charge >= 0.3 is 0 Å². The maximum absolute atomic E-state index is 13.1. The van der Waals surface area contributed by atoms with E-state index in [1.54, 1.807) is 11.1 Å². The van der Waals surface area contributed by atoms with Crippen LogP contribution in [0.1, 0.15) is 5.56 Å². The Bertz CT molecular complexity index is 630. The quantitative estimate of drug-likeness (QED) is 0.896. The molecule has 3 rings (SSSR count). The van der Waals surface area contributed by atoms with Gasteiger partial charge in [0.1, 0.15) is 5.82 Å². The number of aromatic nitrogens is 1. The molecule has 4 nitrogen and oxygen atoms in total. The van der Waals surface area contributed by atoms with E-state index in [1.165, 1.54) is 6.07 Å². The van der Waals surface area contributed by atoms with E-state index in [4.69, 9.17) is 0 Å². The highest BCUT2D eigenvalue weighted by Crippen LogP contribution is 2.30. The molecular weight excluding hydrogens is 245 g/mol. The summed E-state index contributed by atoms with van der Waals surface area (Å²) in [4.78, 5) is 17.4. The number of anilines is 2. The van der Waals surface area contributed by atoms with Crippen molar-refractivity contribution in [2.75, 3.05) is 16.8 Å². The number of nitrogens with zero attached hydrogens (tertiary/aromatic N) is 2. The molecule has 0 atom stereocenters. The van der Waals surface area contributed by atoms with Gasteiger partial charge in [-0.25, -0.2) is 4.39 Å². The predicted molar refractivity (Wildman–Crippen MR) is 70.3 cm³/mol. The van der Waals surface area contributed by atoms with Gasteiger partial charge in [-0.1, -0.05) is 12.1 Å². The fourth-order valence-corrected chi connectivity index (χ4v) is 2.16. The van der Waals surface area contributed by atoms with Crippen molar-refractivity contribution in [3.05, 3.63) is 54.1 Å². The monoisotopic (exact) mass is 257 g/mol. The van der Waals surface area contributed by atoms with Gasteiger partial charge < -0.3 is 10.2 Å². The topological polar surface area (TPSA) is 45.2 Å². The Hall–Kier alpha value is -2.43. The molecular formula is C14H12FN3O. The third kappa shape index (κ3) is 2.27. The number of amides is 1. The molecule has 1 amide bonds. The zero-order valence-electron chi connectivity index (χ0n) is 10.1. The second-order valence-corrected chi connectivity index (χ2v) is 4.36. The van der Waals surface area contributed by atoms with Crippen LogP contribution in [0.15, 0.2) is 42.7 Å². The van der Waals surface area contributed by atoms with Crippen LogP contribution < -0.4 is 10.2 Å². The SMILES string of the molecule is O=C1CNc2ccccc2N1Cc1cncc(F)c1. The van der Waals surface area contributed by atoms with E-state index in [2.05, 4.69) is 10.3 Å². The van der Waals surface area contributed by atoms with Gasteiger partial charge in [-0.05, 0) is 23.8 Å². The van der Waals surface area contributed by atoms with Gasteiger partial charge in [0.15, 0.2) is 0 Å². The Morgan fingerprint density at radius 1 is 1.32 bits per heavy atom. The fourth-order valence-electron chi connectivity index (χ4n) is 2.16. The van der Waals surface area contributed by atoms with Crippen molar-refractivity contribution in [2.45, 2.75) is 6.54 Å². The molecule has 2 heterocycles. The Morgan fingerprint density at radius 2 is 2.16 bits per heavy atom. The fraction of sp³-hybridized carbons (Fsp3) is 0.143. The third-order valence-electron chi connectivity index (χ3n) is 3.03. The van der Waals surface area contributed by atoms with Crippen molar-refractivity contribution in [3.8, 4) is 0 Å². The number of para-hydroxylation sites is 2. The highest BCUT2D eigenvalue weighted by Gasteiger charge is 2.23. The van der Waals surface area contributed by atoms with Crippen molar-refractivity contribution in [3.63, 3.8) is 0 Å². The number of hydrogen-bond donors (Lipinski definition) is 1. The lowest BCUT2D eigenvalue weighted by Gasteiger charge is -2.30. The van der Waals surface area contributed by atoms with Crippen LogP contribution in [0.25, 0.3) is 0 Å². The first-order valence-corrected chi connectivity index (χ1v) is 5.97. The van der Waals surface area contributed by atoms with E-state index >= 15 is 0 Å². The van der Waals surface area contributed by atoms with E-state index in [1.807, 2.05) is 24.3 Å². The molecule has 96 valence electrons. The third-order valence-corrected chi connectivity index (χ3v) is 3.03. The molecule has 0 spiro atoms. The first kappa shape index (κ1) is 11.6. The van der Waals surface area contributed by atoms with Crippen LogP contribution >= 0.6 is 0 Å².